The number of carbonyl (C=O) groups is 1. The summed E-state index contributed by atoms with van der Waals surface area (Å²) in [5.74, 6) is -0.0895. The van der Waals surface area contributed by atoms with Gasteiger partial charge in [0.25, 0.3) is 0 Å². The van der Waals surface area contributed by atoms with E-state index in [9.17, 15) is 13.2 Å². The summed E-state index contributed by atoms with van der Waals surface area (Å²) in [6.45, 7) is 6.01. The Hall–Kier alpha value is -1.74. The molecule has 0 radical (unpaired) electrons. The number of aryl methyl sites for hydroxylation is 2. The first-order valence-corrected chi connectivity index (χ1v) is 11.3. The van der Waals surface area contributed by atoms with Crippen LogP contribution < -0.4 is 5.32 Å². The zero-order valence-electron chi connectivity index (χ0n) is 16.0. The van der Waals surface area contributed by atoms with E-state index in [-0.39, 0.29) is 17.3 Å². The Labute approximate surface area is 174 Å². The van der Waals surface area contributed by atoms with Gasteiger partial charge in [0.05, 0.1) is 11.4 Å². The van der Waals surface area contributed by atoms with Crippen molar-refractivity contribution in [3.63, 3.8) is 0 Å². The second kappa shape index (κ2) is 8.73. The molecular formula is C20H24BrN3O3S. The van der Waals surface area contributed by atoms with E-state index in [0.717, 1.165) is 21.3 Å². The minimum atomic E-state index is -3.52. The number of benzene rings is 2. The topological polar surface area (TPSA) is 69.7 Å². The maximum absolute atomic E-state index is 12.8. The van der Waals surface area contributed by atoms with Crippen molar-refractivity contribution in [2.75, 3.05) is 38.0 Å². The van der Waals surface area contributed by atoms with Crippen molar-refractivity contribution < 1.29 is 13.2 Å². The average Bonchev–Trinajstić information content (AvgIpc) is 2.61. The molecule has 28 heavy (non-hydrogen) atoms. The smallest absolute Gasteiger partial charge is 0.243 e. The fourth-order valence-electron chi connectivity index (χ4n) is 3.35. The van der Waals surface area contributed by atoms with Gasteiger partial charge in [-0.05, 0) is 55.3 Å². The molecule has 1 saturated heterocycles. The number of sulfonamides is 1. The number of hydrogen-bond donors (Lipinski definition) is 1. The highest BCUT2D eigenvalue weighted by Gasteiger charge is 2.29. The second-order valence-corrected chi connectivity index (χ2v) is 9.92. The molecule has 150 valence electrons. The van der Waals surface area contributed by atoms with Crippen molar-refractivity contribution in [3.8, 4) is 0 Å². The summed E-state index contributed by atoms with van der Waals surface area (Å²) < 4.78 is 27.8. The van der Waals surface area contributed by atoms with Crippen LogP contribution in [0.4, 0.5) is 5.69 Å². The van der Waals surface area contributed by atoms with Gasteiger partial charge >= 0.3 is 0 Å². The van der Waals surface area contributed by atoms with Gasteiger partial charge in [-0.3, -0.25) is 9.69 Å². The molecule has 1 heterocycles. The molecule has 0 atom stereocenters. The third kappa shape index (κ3) is 5.20. The van der Waals surface area contributed by atoms with E-state index in [0.29, 0.717) is 26.2 Å². The summed E-state index contributed by atoms with van der Waals surface area (Å²) in [5, 5.41) is 2.93. The van der Waals surface area contributed by atoms with E-state index in [4.69, 9.17) is 0 Å². The van der Waals surface area contributed by atoms with Crippen LogP contribution in [0.15, 0.2) is 51.8 Å². The highest BCUT2D eigenvalue weighted by Crippen LogP contribution is 2.21. The Morgan fingerprint density at radius 2 is 1.68 bits per heavy atom. The Balaban J connectivity index is 1.56. The number of carbonyl (C=O) groups excluding carboxylic acids is 1. The van der Waals surface area contributed by atoms with E-state index in [1.54, 1.807) is 24.3 Å². The lowest BCUT2D eigenvalue weighted by molar-refractivity contribution is -0.117. The molecule has 0 unspecified atom stereocenters. The van der Waals surface area contributed by atoms with Gasteiger partial charge in [-0.15, -0.1) is 0 Å². The molecule has 1 fully saturated rings. The van der Waals surface area contributed by atoms with Gasteiger partial charge in [0.1, 0.15) is 0 Å². The van der Waals surface area contributed by atoms with Gasteiger partial charge in [-0.2, -0.15) is 4.31 Å². The molecule has 3 rings (SSSR count). The monoisotopic (exact) mass is 465 g/mol. The van der Waals surface area contributed by atoms with Gasteiger partial charge in [0.2, 0.25) is 15.9 Å². The summed E-state index contributed by atoms with van der Waals surface area (Å²) in [6, 6.07) is 12.7. The van der Waals surface area contributed by atoms with Gasteiger partial charge in [0, 0.05) is 36.3 Å². The Kier molecular flexibility index (Phi) is 6.54. The van der Waals surface area contributed by atoms with Crippen molar-refractivity contribution in [1.29, 1.82) is 0 Å². The average molecular weight is 466 g/mol. The van der Waals surface area contributed by atoms with Crippen LogP contribution in [0.5, 0.6) is 0 Å². The second-order valence-electron chi connectivity index (χ2n) is 7.06. The number of halogens is 1. The fraction of sp³-hybridized carbons (Fsp3) is 0.350. The first-order chi connectivity index (χ1) is 13.2. The first kappa shape index (κ1) is 21.0. The van der Waals surface area contributed by atoms with Crippen LogP contribution >= 0.6 is 15.9 Å². The summed E-state index contributed by atoms with van der Waals surface area (Å²) in [5.41, 5.74) is 2.99. The number of nitrogens with one attached hydrogen (secondary N) is 1. The highest BCUT2D eigenvalue weighted by molar-refractivity contribution is 9.10. The molecule has 0 aliphatic carbocycles. The molecule has 8 heteroatoms. The third-order valence-electron chi connectivity index (χ3n) is 4.64. The predicted molar refractivity (Wildman–Crippen MR) is 114 cm³/mol. The van der Waals surface area contributed by atoms with Gasteiger partial charge in [-0.25, -0.2) is 8.42 Å². The lowest BCUT2D eigenvalue weighted by atomic mass is 10.1. The number of anilines is 1. The zero-order valence-corrected chi connectivity index (χ0v) is 18.4. The Morgan fingerprint density at radius 1 is 1.04 bits per heavy atom. The molecule has 0 saturated carbocycles. The molecule has 1 aliphatic heterocycles. The van der Waals surface area contributed by atoms with Gasteiger partial charge in [0.15, 0.2) is 0 Å². The lowest BCUT2D eigenvalue weighted by Gasteiger charge is -2.33. The van der Waals surface area contributed by atoms with Crippen LogP contribution in [0.3, 0.4) is 0 Å². The Bertz CT molecular complexity index is 950. The van der Waals surface area contributed by atoms with Crippen LogP contribution in [0.25, 0.3) is 0 Å². The maximum atomic E-state index is 12.8. The summed E-state index contributed by atoms with van der Waals surface area (Å²) >= 11 is 3.32. The number of amides is 1. The SMILES string of the molecule is Cc1cc(C)cc(NC(=O)CN2CCN(S(=O)(=O)c3cccc(Br)c3)CC2)c1. The zero-order chi connectivity index (χ0) is 20.3. The minimum Gasteiger partial charge on any atom is -0.325 e. The molecule has 0 aromatic heterocycles. The first-order valence-electron chi connectivity index (χ1n) is 9.10. The summed E-state index contributed by atoms with van der Waals surface area (Å²) in [6.07, 6.45) is 0. The molecule has 0 bridgehead atoms. The van der Waals surface area contributed by atoms with E-state index in [2.05, 4.69) is 27.3 Å². The van der Waals surface area contributed by atoms with E-state index in [1.807, 2.05) is 30.9 Å². The van der Waals surface area contributed by atoms with E-state index >= 15 is 0 Å². The molecule has 2 aromatic carbocycles. The molecule has 6 nitrogen and oxygen atoms in total. The van der Waals surface area contributed by atoms with E-state index < -0.39 is 10.0 Å². The van der Waals surface area contributed by atoms with Gasteiger partial charge in [-0.1, -0.05) is 28.1 Å². The summed E-state index contributed by atoms with van der Waals surface area (Å²) in [4.78, 5) is 14.6. The van der Waals surface area contributed by atoms with Crippen LogP contribution in [0.2, 0.25) is 0 Å². The summed E-state index contributed by atoms with van der Waals surface area (Å²) in [7, 11) is -3.52. The van der Waals surface area contributed by atoms with Crippen LogP contribution in [-0.2, 0) is 14.8 Å². The van der Waals surface area contributed by atoms with Crippen molar-refractivity contribution in [1.82, 2.24) is 9.21 Å². The number of nitrogens with zero attached hydrogens (tertiary/aromatic N) is 2. The third-order valence-corrected chi connectivity index (χ3v) is 7.03. The van der Waals surface area contributed by atoms with Crippen LogP contribution in [-0.4, -0.2) is 56.3 Å². The van der Waals surface area contributed by atoms with Crippen molar-refractivity contribution in [2.45, 2.75) is 18.7 Å². The normalized spacial score (nSPS) is 16.1. The van der Waals surface area contributed by atoms with Crippen molar-refractivity contribution in [2.24, 2.45) is 0 Å². The quantitative estimate of drug-likeness (QED) is 0.736. The molecule has 2 aromatic rings. The molecule has 1 aliphatic rings. The van der Waals surface area contributed by atoms with Gasteiger partial charge < -0.3 is 5.32 Å². The number of piperazine rings is 1. The standard InChI is InChI=1S/C20H24BrN3O3S/c1-15-10-16(2)12-18(11-15)22-20(25)14-23-6-8-24(9-7-23)28(26,27)19-5-3-4-17(21)13-19/h3-5,10-13H,6-9,14H2,1-2H3,(H,22,25). The molecule has 1 amide bonds. The van der Waals surface area contributed by atoms with Crippen molar-refractivity contribution >= 4 is 37.5 Å². The predicted octanol–water partition coefficient (Wildman–Crippen LogP) is 3.01. The highest BCUT2D eigenvalue weighted by atomic mass is 79.9. The Morgan fingerprint density at radius 3 is 2.29 bits per heavy atom. The molecular weight excluding hydrogens is 442 g/mol. The fourth-order valence-corrected chi connectivity index (χ4v) is 5.37. The number of hydrogen-bond acceptors (Lipinski definition) is 4. The van der Waals surface area contributed by atoms with Crippen molar-refractivity contribution in [3.05, 3.63) is 58.1 Å². The van der Waals surface area contributed by atoms with Crippen LogP contribution in [0, 0.1) is 13.8 Å². The minimum absolute atomic E-state index is 0.0895. The molecule has 0 spiro atoms. The lowest BCUT2D eigenvalue weighted by Crippen LogP contribution is -2.50. The maximum Gasteiger partial charge on any atom is 0.243 e. The van der Waals surface area contributed by atoms with Crippen LogP contribution in [0.1, 0.15) is 11.1 Å². The van der Waals surface area contributed by atoms with E-state index in [1.165, 1.54) is 4.31 Å². The molecule has 1 N–H and O–H groups in total. The number of rotatable bonds is 5. The largest absolute Gasteiger partial charge is 0.325 e.